The third-order valence-corrected chi connectivity index (χ3v) is 1.58. The van der Waals surface area contributed by atoms with E-state index in [2.05, 4.69) is 20.8 Å². The van der Waals surface area contributed by atoms with Crippen LogP contribution < -0.4 is 0 Å². The quantitative estimate of drug-likeness (QED) is 0.371. The molecule has 0 aromatic rings. The lowest BCUT2D eigenvalue weighted by Crippen LogP contribution is -2.18. The van der Waals surface area contributed by atoms with Crippen molar-refractivity contribution in [1.29, 1.82) is 0 Å². The van der Waals surface area contributed by atoms with Crippen LogP contribution in [0.25, 0.3) is 0 Å². The number of hydrogen-bond donors (Lipinski definition) is 0. The Kier molecular flexibility index (Phi) is 7.41. The molecule has 0 aliphatic rings. The van der Waals surface area contributed by atoms with Crippen LogP contribution in [0.2, 0.25) is 0 Å². The van der Waals surface area contributed by atoms with Crippen LogP contribution in [0.15, 0.2) is 12.2 Å². The third kappa shape index (κ3) is 7.10. The van der Waals surface area contributed by atoms with Crippen molar-refractivity contribution in [1.82, 2.24) is 0 Å². The van der Waals surface area contributed by atoms with Crippen LogP contribution in [0.4, 0.5) is 0 Å². The average Bonchev–Trinajstić information content (AvgIpc) is 2.27. The van der Waals surface area contributed by atoms with Gasteiger partial charge in [0.05, 0.1) is 19.6 Å². The Labute approximate surface area is 99.5 Å². The number of carbonyl (C=O) groups excluding carboxylic acids is 3. The molecule has 0 amide bonds. The monoisotopic (exact) mass is 244 g/mol. The van der Waals surface area contributed by atoms with Gasteiger partial charge in [-0.2, -0.15) is 0 Å². The van der Waals surface area contributed by atoms with Crippen LogP contribution >= 0.6 is 0 Å². The summed E-state index contributed by atoms with van der Waals surface area (Å²) in [6, 6.07) is 0. The van der Waals surface area contributed by atoms with Crippen molar-refractivity contribution in [2.45, 2.75) is 20.3 Å². The molecule has 0 aliphatic heterocycles. The lowest BCUT2D eigenvalue weighted by molar-refractivity contribution is -0.158. The van der Waals surface area contributed by atoms with Gasteiger partial charge in [0.25, 0.3) is 0 Å². The van der Waals surface area contributed by atoms with Gasteiger partial charge >= 0.3 is 17.9 Å². The van der Waals surface area contributed by atoms with E-state index in [4.69, 9.17) is 0 Å². The zero-order valence-electron chi connectivity index (χ0n) is 9.99. The number of rotatable bonds is 7. The van der Waals surface area contributed by atoms with E-state index in [-0.39, 0.29) is 25.2 Å². The van der Waals surface area contributed by atoms with Gasteiger partial charge in [0.15, 0.2) is 6.61 Å². The second-order valence-electron chi connectivity index (χ2n) is 2.97. The van der Waals surface area contributed by atoms with Crippen LogP contribution in [0.1, 0.15) is 20.3 Å². The minimum Gasteiger partial charge on any atom is -0.463 e. The summed E-state index contributed by atoms with van der Waals surface area (Å²) in [4.78, 5) is 33.1. The van der Waals surface area contributed by atoms with Gasteiger partial charge in [-0.1, -0.05) is 6.58 Å². The van der Waals surface area contributed by atoms with Gasteiger partial charge in [-0.15, -0.1) is 0 Å². The molecular formula is C11H16O6. The SMILES string of the molecule is C=C(CC(=O)OCC(=O)OCC)C(=O)OCC. The molecule has 0 saturated heterocycles. The first-order valence-corrected chi connectivity index (χ1v) is 5.17. The van der Waals surface area contributed by atoms with Crippen molar-refractivity contribution in [3.8, 4) is 0 Å². The van der Waals surface area contributed by atoms with Crippen LogP contribution in [-0.2, 0) is 28.6 Å². The summed E-state index contributed by atoms with van der Waals surface area (Å²) < 4.78 is 13.8. The summed E-state index contributed by atoms with van der Waals surface area (Å²) in [6.45, 7) is 6.62. The molecule has 0 saturated carbocycles. The van der Waals surface area contributed by atoms with E-state index < -0.39 is 24.5 Å². The van der Waals surface area contributed by atoms with Crippen molar-refractivity contribution in [2.75, 3.05) is 19.8 Å². The minimum atomic E-state index is -0.726. The lowest BCUT2D eigenvalue weighted by atomic mass is 10.2. The van der Waals surface area contributed by atoms with Crippen LogP contribution in [0.3, 0.4) is 0 Å². The third-order valence-electron chi connectivity index (χ3n) is 1.58. The van der Waals surface area contributed by atoms with Gasteiger partial charge in [0.2, 0.25) is 0 Å². The van der Waals surface area contributed by atoms with E-state index in [9.17, 15) is 14.4 Å². The second-order valence-corrected chi connectivity index (χ2v) is 2.97. The molecule has 0 bridgehead atoms. The molecule has 6 nitrogen and oxygen atoms in total. The topological polar surface area (TPSA) is 78.9 Å². The summed E-state index contributed by atoms with van der Waals surface area (Å²) in [5, 5.41) is 0. The van der Waals surface area contributed by atoms with Crippen molar-refractivity contribution in [3.05, 3.63) is 12.2 Å². The van der Waals surface area contributed by atoms with Crippen molar-refractivity contribution in [3.63, 3.8) is 0 Å². The Hall–Kier alpha value is -1.85. The number of esters is 3. The van der Waals surface area contributed by atoms with Gasteiger partial charge in [0, 0.05) is 5.57 Å². The zero-order chi connectivity index (χ0) is 13.3. The van der Waals surface area contributed by atoms with E-state index in [1.165, 1.54) is 0 Å². The van der Waals surface area contributed by atoms with Crippen LogP contribution in [-0.4, -0.2) is 37.7 Å². The first kappa shape index (κ1) is 15.2. The molecule has 0 spiro atoms. The van der Waals surface area contributed by atoms with Crippen molar-refractivity contribution >= 4 is 17.9 Å². The number of ether oxygens (including phenoxy) is 3. The Morgan fingerprint density at radius 2 is 1.53 bits per heavy atom. The molecular weight excluding hydrogens is 228 g/mol. The predicted molar refractivity (Wildman–Crippen MR) is 58.0 cm³/mol. The Balaban J connectivity index is 3.90. The molecule has 0 unspecified atom stereocenters. The van der Waals surface area contributed by atoms with E-state index in [0.29, 0.717) is 0 Å². The molecule has 0 aliphatic carbocycles. The van der Waals surface area contributed by atoms with E-state index in [0.717, 1.165) is 0 Å². The lowest BCUT2D eigenvalue weighted by Gasteiger charge is -2.06. The van der Waals surface area contributed by atoms with Gasteiger partial charge in [-0.25, -0.2) is 9.59 Å². The first-order valence-electron chi connectivity index (χ1n) is 5.17. The van der Waals surface area contributed by atoms with E-state index >= 15 is 0 Å². The molecule has 0 rings (SSSR count). The maximum absolute atomic E-state index is 11.2. The number of carbonyl (C=O) groups is 3. The maximum atomic E-state index is 11.2. The van der Waals surface area contributed by atoms with Gasteiger partial charge in [0.1, 0.15) is 0 Å². The minimum absolute atomic E-state index is 0.0132. The molecule has 0 radical (unpaired) electrons. The summed E-state index contributed by atoms with van der Waals surface area (Å²) in [5.41, 5.74) is -0.0132. The summed E-state index contributed by atoms with van der Waals surface area (Å²) in [5.74, 6) is -2.01. The van der Waals surface area contributed by atoms with Gasteiger partial charge in [-0.3, -0.25) is 4.79 Å². The highest BCUT2D eigenvalue weighted by Gasteiger charge is 2.15. The predicted octanol–water partition coefficient (Wildman–Crippen LogP) is 0.602. The molecule has 0 aromatic heterocycles. The fraction of sp³-hybridized carbons (Fsp3) is 0.545. The zero-order valence-corrected chi connectivity index (χ0v) is 9.99. The molecule has 0 fully saturated rings. The fourth-order valence-corrected chi connectivity index (χ4v) is 0.873. The first-order chi connectivity index (χ1) is 8.01. The Morgan fingerprint density at radius 3 is 2.06 bits per heavy atom. The highest BCUT2D eigenvalue weighted by Crippen LogP contribution is 2.03. The van der Waals surface area contributed by atoms with E-state index in [1.807, 2.05) is 0 Å². The summed E-state index contributed by atoms with van der Waals surface area (Å²) >= 11 is 0. The van der Waals surface area contributed by atoms with E-state index in [1.54, 1.807) is 13.8 Å². The average molecular weight is 244 g/mol. The highest BCUT2D eigenvalue weighted by molar-refractivity contribution is 5.93. The summed E-state index contributed by atoms with van der Waals surface area (Å²) in [6.07, 6.45) is -0.307. The van der Waals surface area contributed by atoms with Crippen molar-refractivity contribution in [2.24, 2.45) is 0 Å². The second kappa shape index (κ2) is 8.32. The van der Waals surface area contributed by atoms with Crippen LogP contribution in [0, 0.1) is 0 Å². The molecule has 0 heterocycles. The highest BCUT2D eigenvalue weighted by atomic mass is 16.6. The molecule has 96 valence electrons. The standard InChI is InChI=1S/C11H16O6/c1-4-15-10(13)7-17-9(12)6-8(3)11(14)16-5-2/h3-7H2,1-2H3. The summed E-state index contributed by atoms with van der Waals surface area (Å²) in [7, 11) is 0. The normalized spacial score (nSPS) is 9.29. The number of hydrogen-bond acceptors (Lipinski definition) is 6. The molecule has 6 heteroatoms. The Morgan fingerprint density at radius 1 is 0.941 bits per heavy atom. The molecule has 0 aromatic carbocycles. The smallest absolute Gasteiger partial charge is 0.344 e. The van der Waals surface area contributed by atoms with Crippen LogP contribution in [0.5, 0.6) is 0 Å². The van der Waals surface area contributed by atoms with Gasteiger partial charge in [-0.05, 0) is 13.8 Å². The Bertz CT molecular complexity index is 307. The van der Waals surface area contributed by atoms with Crippen molar-refractivity contribution < 1.29 is 28.6 Å². The largest absolute Gasteiger partial charge is 0.463 e. The maximum Gasteiger partial charge on any atom is 0.344 e. The fourth-order valence-electron chi connectivity index (χ4n) is 0.873. The molecule has 0 N–H and O–H groups in total. The molecule has 17 heavy (non-hydrogen) atoms. The van der Waals surface area contributed by atoms with Gasteiger partial charge < -0.3 is 14.2 Å². The molecule has 0 atom stereocenters.